The number of rotatable bonds is 2. The molecule has 64 valence electrons. The molecule has 2 heterocycles. The van der Waals surface area contributed by atoms with Gasteiger partial charge in [-0.3, -0.25) is 9.78 Å². The highest BCUT2D eigenvalue weighted by atomic mass is 16.1. The van der Waals surface area contributed by atoms with Crippen molar-refractivity contribution in [3.05, 3.63) is 30.1 Å². The lowest BCUT2D eigenvalue weighted by atomic mass is 10.2. The van der Waals surface area contributed by atoms with Crippen molar-refractivity contribution in [2.24, 2.45) is 0 Å². The Hall–Kier alpha value is -2.04. The van der Waals surface area contributed by atoms with Gasteiger partial charge < -0.3 is 0 Å². The van der Waals surface area contributed by atoms with Crippen molar-refractivity contribution >= 4 is 6.29 Å². The fourth-order valence-electron chi connectivity index (χ4n) is 1.01. The van der Waals surface area contributed by atoms with Crippen LogP contribution in [0.2, 0.25) is 0 Å². The summed E-state index contributed by atoms with van der Waals surface area (Å²) in [6, 6.07) is 5.39. The van der Waals surface area contributed by atoms with Crippen molar-refractivity contribution in [3.63, 3.8) is 0 Å². The zero-order valence-corrected chi connectivity index (χ0v) is 6.64. The van der Waals surface area contributed by atoms with Crippen LogP contribution in [-0.4, -0.2) is 26.7 Å². The minimum Gasteiger partial charge on any atom is -0.296 e. The van der Waals surface area contributed by atoms with Gasteiger partial charge in [0.15, 0.2) is 12.0 Å². The number of carbonyl (C=O) groups excluding carboxylic acids is 1. The number of pyridine rings is 1. The summed E-state index contributed by atoms with van der Waals surface area (Å²) < 4.78 is 0. The topological polar surface area (TPSA) is 71.5 Å². The molecule has 0 atom stereocenters. The van der Waals surface area contributed by atoms with E-state index >= 15 is 0 Å². The summed E-state index contributed by atoms with van der Waals surface area (Å²) >= 11 is 0. The Morgan fingerprint density at radius 2 is 2.23 bits per heavy atom. The number of nitrogens with one attached hydrogen (secondary N) is 1. The molecule has 0 amide bonds. The average molecular weight is 174 g/mol. The van der Waals surface area contributed by atoms with E-state index in [1.807, 2.05) is 6.07 Å². The second-order valence-corrected chi connectivity index (χ2v) is 2.39. The highest BCUT2D eigenvalue weighted by Crippen LogP contribution is 2.13. The largest absolute Gasteiger partial charge is 0.296 e. The minimum atomic E-state index is 0.277. The standard InChI is InChI=1S/C8H6N4O/c13-5-7-8(11-12-10-7)6-3-1-2-4-9-6/h1-5H,(H,10,11,12). The third kappa shape index (κ3) is 1.31. The van der Waals surface area contributed by atoms with Crippen LogP contribution >= 0.6 is 0 Å². The van der Waals surface area contributed by atoms with E-state index in [4.69, 9.17) is 0 Å². The number of aldehydes is 1. The fraction of sp³-hybridized carbons (Fsp3) is 0. The summed E-state index contributed by atoms with van der Waals surface area (Å²) in [6.45, 7) is 0. The zero-order valence-electron chi connectivity index (χ0n) is 6.64. The number of hydrogen-bond donors (Lipinski definition) is 1. The van der Waals surface area contributed by atoms with Crippen molar-refractivity contribution in [2.45, 2.75) is 0 Å². The van der Waals surface area contributed by atoms with Crippen molar-refractivity contribution < 1.29 is 4.79 Å². The molecule has 1 N–H and O–H groups in total. The third-order valence-corrected chi connectivity index (χ3v) is 1.59. The lowest BCUT2D eigenvalue weighted by Gasteiger charge is -1.92. The first-order valence-corrected chi connectivity index (χ1v) is 3.69. The van der Waals surface area contributed by atoms with Gasteiger partial charge in [-0.1, -0.05) is 6.07 Å². The highest BCUT2D eigenvalue weighted by Gasteiger charge is 2.08. The van der Waals surface area contributed by atoms with Gasteiger partial charge in [0.2, 0.25) is 0 Å². The van der Waals surface area contributed by atoms with E-state index in [1.54, 1.807) is 18.3 Å². The minimum absolute atomic E-state index is 0.277. The summed E-state index contributed by atoms with van der Waals surface area (Å²) in [5.41, 5.74) is 1.40. The molecule has 0 fully saturated rings. The Kier molecular flexibility index (Phi) is 1.84. The summed E-state index contributed by atoms with van der Waals surface area (Å²) in [5, 5.41) is 9.87. The first-order chi connectivity index (χ1) is 6.42. The Bertz CT molecular complexity index is 409. The molecule has 2 aromatic heterocycles. The van der Waals surface area contributed by atoms with Crippen LogP contribution in [-0.2, 0) is 0 Å². The van der Waals surface area contributed by atoms with Crippen molar-refractivity contribution in [2.75, 3.05) is 0 Å². The quantitative estimate of drug-likeness (QED) is 0.679. The summed E-state index contributed by atoms with van der Waals surface area (Å²) in [6.07, 6.45) is 2.28. The normalized spacial score (nSPS) is 9.85. The molecule has 0 aromatic carbocycles. The number of H-pyrrole nitrogens is 1. The average Bonchev–Trinajstić information content (AvgIpc) is 2.67. The van der Waals surface area contributed by atoms with Crippen LogP contribution in [0.4, 0.5) is 0 Å². The first-order valence-electron chi connectivity index (χ1n) is 3.69. The predicted octanol–water partition coefficient (Wildman–Crippen LogP) is 0.679. The molecular formula is C8H6N4O. The van der Waals surface area contributed by atoms with Crippen molar-refractivity contribution in [1.82, 2.24) is 20.4 Å². The fourth-order valence-corrected chi connectivity index (χ4v) is 1.01. The van der Waals surface area contributed by atoms with E-state index in [0.29, 0.717) is 17.7 Å². The van der Waals surface area contributed by atoms with Crippen LogP contribution in [0, 0.1) is 0 Å². The molecular weight excluding hydrogens is 168 g/mol. The van der Waals surface area contributed by atoms with E-state index in [9.17, 15) is 4.79 Å². The maximum absolute atomic E-state index is 10.5. The van der Waals surface area contributed by atoms with Gasteiger partial charge in [0.05, 0.1) is 5.69 Å². The second-order valence-electron chi connectivity index (χ2n) is 2.39. The van der Waals surface area contributed by atoms with E-state index in [-0.39, 0.29) is 5.69 Å². The Balaban J connectivity index is 2.52. The Morgan fingerprint density at radius 1 is 1.31 bits per heavy atom. The van der Waals surface area contributed by atoms with Gasteiger partial charge in [-0.15, -0.1) is 0 Å². The van der Waals surface area contributed by atoms with E-state index in [1.165, 1.54) is 0 Å². The zero-order chi connectivity index (χ0) is 9.10. The van der Waals surface area contributed by atoms with Crippen molar-refractivity contribution in [3.8, 4) is 11.4 Å². The SMILES string of the molecule is O=Cc1n[nH]nc1-c1ccccn1. The van der Waals surface area contributed by atoms with E-state index in [0.717, 1.165) is 0 Å². The Labute approximate surface area is 73.8 Å². The molecule has 0 saturated carbocycles. The summed E-state index contributed by atoms with van der Waals surface area (Å²) in [5.74, 6) is 0. The first kappa shape index (κ1) is 7.60. The highest BCUT2D eigenvalue weighted by molar-refractivity contribution is 5.81. The van der Waals surface area contributed by atoms with Gasteiger partial charge in [0.25, 0.3) is 0 Å². The number of nitrogens with zero attached hydrogens (tertiary/aromatic N) is 3. The molecule has 2 rings (SSSR count). The molecule has 0 aliphatic carbocycles. The number of hydrogen-bond acceptors (Lipinski definition) is 4. The van der Waals surface area contributed by atoms with Gasteiger partial charge >= 0.3 is 0 Å². The number of aromatic nitrogens is 4. The molecule has 5 nitrogen and oxygen atoms in total. The molecule has 5 heteroatoms. The Morgan fingerprint density at radius 3 is 2.92 bits per heavy atom. The molecule has 0 radical (unpaired) electrons. The lowest BCUT2D eigenvalue weighted by Crippen LogP contribution is -1.87. The molecule has 13 heavy (non-hydrogen) atoms. The van der Waals surface area contributed by atoms with Crippen LogP contribution in [0.25, 0.3) is 11.4 Å². The molecule has 0 aliphatic rings. The molecule has 0 bridgehead atoms. The number of aromatic amines is 1. The number of carbonyl (C=O) groups is 1. The van der Waals surface area contributed by atoms with Gasteiger partial charge in [-0.25, -0.2) is 0 Å². The van der Waals surface area contributed by atoms with Crippen molar-refractivity contribution in [1.29, 1.82) is 0 Å². The van der Waals surface area contributed by atoms with Crippen LogP contribution in [0.3, 0.4) is 0 Å². The third-order valence-electron chi connectivity index (χ3n) is 1.59. The van der Waals surface area contributed by atoms with E-state index < -0.39 is 0 Å². The predicted molar refractivity (Wildman–Crippen MR) is 45.0 cm³/mol. The lowest BCUT2D eigenvalue weighted by molar-refractivity contribution is 0.111. The van der Waals surface area contributed by atoms with Crippen LogP contribution < -0.4 is 0 Å². The van der Waals surface area contributed by atoms with Gasteiger partial charge in [0.1, 0.15) is 5.69 Å². The van der Waals surface area contributed by atoms with Crippen LogP contribution in [0.1, 0.15) is 10.5 Å². The van der Waals surface area contributed by atoms with Crippen LogP contribution in [0.15, 0.2) is 24.4 Å². The molecule has 0 saturated heterocycles. The molecule has 0 spiro atoms. The van der Waals surface area contributed by atoms with Crippen LogP contribution in [0.5, 0.6) is 0 Å². The van der Waals surface area contributed by atoms with Gasteiger partial charge in [-0.2, -0.15) is 15.4 Å². The van der Waals surface area contributed by atoms with Gasteiger partial charge in [0, 0.05) is 6.20 Å². The smallest absolute Gasteiger partial charge is 0.172 e. The summed E-state index contributed by atoms with van der Waals surface area (Å²) in [7, 11) is 0. The van der Waals surface area contributed by atoms with Gasteiger partial charge in [-0.05, 0) is 12.1 Å². The second kappa shape index (κ2) is 3.14. The molecule has 2 aromatic rings. The summed E-state index contributed by atoms with van der Waals surface area (Å²) in [4.78, 5) is 14.6. The van der Waals surface area contributed by atoms with E-state index in [2.05, 4.69) is 20.4 Å². The molecule has 0 aliphatic heterocycles. The molecule has 0 unspecified atom stereocenters. The monoisotopic (exact) mass is 174 g/mol. The maximum atomic E-state index is 10.5. The maximum Gasteiger partial charge on any atom is 0.172 e.